The number of aliphatic hydroxyl groups excluding tert-OH is 1. The molecule has 1 fully saturated rings. The molecular weight excluding hydrogens is 254 g/mol. The second-order valence-corrected chi connectivity index (χ2v) is 5.94. The van der Waals surface area contributed by atoms with E-state index in [1.807, 2.05) is 24.3 Å². The Hall–Kier alpha value is -1.39. The highest BCUT2D eigenvalue weighted by atomic mass is 16.5. The zero-order chi connectivity index (χ0) is 14.2. The van der Waals surface area contributed by atoms with Crippen LogP contribution in [0.4, 0.5) is 0 Å². The molecule has 1 aromatic carbocycles. The fourth-order valence-corrected chi connectivity index (χ4v) is 3.08. The number of rotatable bonds is 5. The van der Waals surface area contributed by atoms with Gasteiger partial charge in [-0.25, -0.2) is 0 Å². The van der Waals surface area contributed by atoms with E-state index in [1.165, 1.54) is 0 Å². The third kappa shape index (κ3) is 2.34. The predicted molar refractivity (Wildman–Crippen MR) is 75.2 cm³/mol. The summed E-state index contributed by atoms with van der Waals surface area (Å²) in [7, 11) is 1.66. The number of ether oxygens (including phenoxy) is 1. The van der Waals surface area contributed by atoms with Crippen molar-refractivity contribution in [1.29, 1.82) is 0 Å². The minimum absolute atomic E-state index is 0.0651. The Morgan fingerprint density at radius 2 is 2.20 bits per heavy atom. The van der Waals surface area contributed by atoms with Crippen LogP contribution in [-0.4, -0.2) is 30.8 Å². The normalized spacial score (nSPS) is 26.1. The number of benzene rings is 1. The van der Waals surface area contributed by atoms with Gasteiger partial charge in [0.25, 0.3) is 0 Å². The van der Waals surface area contributed by atoms with Gasteiger partial charge in [-0.05, 0) is 30.4 Å². The molecule has 2 aliphatic carbocycles. The van der Waals surface area contributed by atoms with Crippen LogP contribution in [0.3, 0.4) is 0 Å². The smallest absolute Gasteiger partial charge is 0.226 e. The standard InChI is InChI=1S/C16H21NO3/c1-20-9-8-16(6-7-16)15(19)17-14-12-5-3-2-4-11(12)10-13(14)18/h2-5,13-14,18H,6-10H2,1H3,(H,17,19)/t13-,14+/m1/s1. The lowest BCUT2D eigenvalue weighted by atomic mass is 10.00. The number of nitrogens with one attached hydrogen (secondary N) is 1. The van der Waals surface area contributed by atoms with Crippen molar-refractivity contribution in [2.45, 2.75) is 37.8 Å². The van der Waals surface area contributed by atoms with E-state index in [4.69, 9.17) is 4.74 Å². The average molecular weight is 275 g/mol. The molecule has 4 heteroatoms. The summed E-state index contributed by atoms with van der Waals surface area (Å²) in [5.74, 6) is 0.0651. The van der Waals surface area contributed by atoms with E-state index >= 15 is 0 Å². The van der Waals surface area contributed by atoms with Gasteiger partial charge in [-0.15, -0.1) is 0 Å². The number of methoxy groups -OCH3 is 1. The summed E-state index contributed by atoms with van der Waals surface area (Å²) >= 11 is 0. The van der Waals surface area contributed by atoms with Gasteiger partial charge >= 0.3 is 0 Å². The minimum atomic E-state index is -0.519. The highest BCUT2D eigenvalue weighted by Gasteiger charge is 2.50. The van der Waals surface area contributed by atoms with Crippen LogP contribution in [0.1, 0.15) is 36.4 Å². The highest BCUT2D eigenvalue weighted by Crippen LogP contribution is 2.49. The number of hydrogen-bond acceptors (Lipinski definition) is 3. The topological polar surface area (TPSA) is 58.6 Å². The Bertz CT molecular complexity index is 510. The number of amides is 1. The summed E-state index contributed by atoms with van der Waals surface area (Å²) in [5, 5.41) is 13.2. The van der Waals surface area contributed by atoms with Crippen molar-refractivity contribution >= 4 is 5.91 Å². The van der Waals surface area contributed by atoms with Crippen molar-refractivity contribution < 1.29 is 14.6 Å². The van der Waals surface area contributed by atoms with Gasteiger partial charge in [-0.1, -0.05) is 24.3 Å². The van der Waals surface area contributed by atoms with E-state index in [2.05, 4.69) is 5.32 Å². The number of carbonyl (C=O) groups is 1. The van der Waals surface area contributed by atoms with Gasteiger partial charge in [0.15, 0.2) is 0 Å². The molecular formula is C16H21NO3. The zero-order valence-electron chi connectivity index (χ0n) is 11.8. The third-order valence-corrected chi connectivity index (χ3v) is 4.61. The van der Waals surface area contributed by atoms with Crippen molar-refractivity contribution in [1.82, 2.24) is 5.32 Å². The Balaban J connectivity index is 1.70. The SMILES string of the molecule is COCCC1(C(=O)N[C@H]2c3ccccc3C[C@H]2O)CC1. The van der Waals surface area contributed by atoms with Crippen LogP contribution in [0.2, 0.25) is 0 Å². The van der Waals surface area contributed by atoms with Crippen LogP contribution in [0.25, 0.3) is 0 Å². The summed E-state index contributed by atoms with van der Waals surface area (Å²) in [4.78, 5) is 12.5. The maximum Gasteiger partial charge on any atom is 0.226 e. The fraction of sp³-hybridized carbons (Fsp3) is 0.562. The summed E-state index contributed by atoms with van der Waals surface area (Å²) in [6, 6.07) is 7.66. The fourth-order valence-electron chi connectivity index (χ4n) is 3.08. The molecule has 2 aliphatic rings. The molecule has 4 nitrogen and oxygen atoms in total. The van der Waals surface area contributed by atoms with Crippen LogP contribution < -0.4 is 5.32 Å². The van der Waals surface area contributed by atoms with E-state index in [-0.39, 0.29) is 17.4 Å². The molecule has 0 heterocycles. The Kier molecular flexibility index (Phi) is 3.52. The van der Waals surface area contributed by atoms with Gasteiger partial charge in [-0.3, -0.25) is 4.79 Å². The van der Waals surface area contributed by atoms with E-state index < -0.39 is 6.10 Å². The molecule has 2 atom stereocenters. The Labute approximate surface area is 119 Å². The molecule has 0 aliphatic heterocycles. The van der Waals surface area contributed by atoms with Crippen LogP contribution >= 0.6 is 0 Å². The number of carbonyl (C=O) groups excluding carboxylic acids is 1. The Morgan fingerprint density at radius 3 is 2.90 bits per heavy atom. The first kappa shape index (κ1) is 13.6. The number of aliphatic hydroxyl groups is 1. The molecule has 3 rings (SSSR count). The number of fused-ring (bicyclic) bond motifs is 1. The third-order valence-electron chi connectivity index (χ3n) is 4.61. The molecule has 20 heavy (non-hydrogen) atoms. The van der Waals surface area contributed by atoms with E-state index in [0.717, 1.165) is 30.4 Å². The molecule has 0 radical (unpaired) electrons. The molecule has 0 spiro atoms. The van der Waals surface area contributed by atoms with Crippen LogP contribution in [0.15, 0.2) is 24.3 Å². The second kappa shape index (κ2) is 5.19. The maximum absolute atomic E-state index is 12.5. The largest absolute Gasteiger partial charge is 0.390 e. The Morgan fingerprint density at radius 1 is 1.45 bits per heavy atom. The minimum Gasteiger partial charge on any atom is -0.390 e. The average Bonchev–Trinajstić information content (AvgIpc) is 3.18. The lowest BCUT2D eigenvalue weighted by Crippen LogP contribution is -2.39. The quantitative estimate of drug-likeness (QED) is 0.857. The van der Waals surface area contributed by atoms with Crippen molar-refractivity contribution in [2.75, 3.05) is 13.7 Å². The first-order valence-corrected chi connectivity index (χ1v) is 7.22. The van der Waals surface area contributed by atoms with Crippen molar-refractivity contribution in [2.24, 2.45) is 5.41 Å². The first-order valence-electron chi connectivity index (χ1n) is 7.22. The molecule has 1 aromatic rings. The van der Waals surface area contributed by atoms with Crippen molar-refractivity contribution in [3.8, 4) is 0 Å². The van der Waals surface area contributed by atoms with E-state index in [1.54, 1.807) is 7.11 Å². The molecule has 0 saturated heterocycles. The molecule has 108 valence electrons. The number of hydrogen-bond donors (Lipinski definition) is 2. The van der Waals surface area contributed by atoms with Crippen molar-refractivity contribution in [3.63, 3.8) is 0 Å². The summed E-state index contributed by atoms with van der Waals surface area (Å²) in [6.45, 7) is 0.608. The van der Waals surface area contributed by atoms with Gasteiger partial charge in [0.1, 0.15) is 0 Å². The second-order valence-electron chi connectivity index (χ2n) is 5.94. The molecule has 1 saturated carbocycles. The molecule has 0 bridgehead atoms. The highest BCUT2D eigenvalue weighted by molar-refractivity contribution is 5.85. The molecule has 0 aromatic heterocycles. The lowest BCUT2D eigenvalue weighted by molar-refractivity contribution is -0.128. The lowest BCUT2D eigenvalue weighted by Gasteiger charge is -2.22. The molecule has 1 amide bonds. The van der Waals surface area contributed by atoms with E-state index in [9.17, 15) is 9.90 Å². The predicted octanol–water partition coefficient (Wildman–Crippen LogP) is 1.58. The maximum atomic E-state index is 12.5. The summed E-state index contributed by atoms with van der Waals surface area (Å²) < 4.78 is 5.09. The zero-order valence-corrected chi connectivity index (χ0v) is 11.8. The van der Waals surface area contributed by atoms with Crippen LogP contribution in [0, 0.1) is 5.41 Å². The van der Waals surface area contributed by atoms with Crippen molar-refractivity contribution in [3.05, 3.63) is 35.4 Å². The van der Waals surface area contributed by atoms with Gasteiger partial charge in [0, 0.05) is 20.1 Å². The van der Waals surface area contributed by atoms with Gasteiger partial charge < -0.3 is 15.2 Å². The molecule has 0 unspecified atom stereocenters. The first-order chi connectivity index (χ1) is 9.66. The van der Waals surface area contributed by atoms with Crippen LogP contribution in [0.5, 0.6) is 0 Å². The summed E-state index contributed by atoms with van der Waals surface area (Å²) in [6.07, 6.45) is 2.71. The summed E-state index contributed by atoms with van der Waals surface area (Å²) in [5.41, 5.74) is 1.93. The monoisotopic (exact) mass is 275 g/mol. The van der Waals surface area contributed by atoms with Gasteiger partial charge in [0.05, 0.1) is 17.6 Å². The van der Waals surface area contributed by atoms with Gasteiger partial charge in [-0.2, -0.15) is 0 Å². The van der Waals surface area contributed by atoms with Gasteiger partial charge in [0.2, 0.25) is 5.91 Å². The van der Waals surface area contributed by atoms with E-state index in [0.29, 0.717) is 13.0 Å². The molecule has 2 N–H and O–H groups in total. The van der Waals surface area contributed by atoms with Crippen LogP contribution in [-0.2, 0) is 16.0 Å².